The van der Waals surface area contributed by atoms with E-state index in [1.54, 1.807) is 6.92 Å². The molecule has 120 valence electrons. The van der Waals surface area contributed by atoms with E-state index in [4.69, 9.17) is 15.0 Å². The minimum Gasteiger partial charge on any atom is -0.492 e. The third kappa shape index (κ3) is 4.84. The summed E-state index contributed by atoms with van der Waals surface area (Å²) in [5.41, 5.74) is 5.87. The van der Waals surface area contributed by atoms with Crippen LogP contribution in [0.2, 0.25) is 0 Å². The highest BCUT2D eigenvalue weighted by atomic mass is 32.2. The van der Waals surface area contributed by atoms with Gasteiger partial charge in [0.05, 0.1) is 22.9 Å². The summed E-state index contributed by atoms with van der Waals surface area (Å²) in [5, 5.41) is 0. The topological polar surface area (TPSA) is 127 Å². The quantitative estimate of drug-likeness (QED) is 0.536. The maximum absolute atomic E-state index is 12.2. The number of ether oxygens (including phenoxy) is 1. The van der Waals surface area contributed by atoms with Crippen molar-refractivity contribution in [2.45, 2.75) is 11.8 Å². The second kappa shape index (κ2) is 6.60. The standard InChI is InChI=1S/C11H18N2O6S2/c1-3-19-11-5-4-9(8-10(11)12)21(17,18)13(2)6-7-20(14,15)16/h4-5,8H,3,6-7,12H2,1-2H3,(H,14,15,16). The Hall–Kier alpha value is -1.36. The van der Waals surface area contributed by atoms with Crippen LogP contribution in [-0.4, -0.2) is 51.6 Å². The fourth-order valence-electron chi connectivity index (χ4n) is 1.52. The van der Waals surface area contributed by atoms with Crippen molar-refractivity contribution >= 4 is 25.8 Å². The molecule has 0 saturated heterocycles. The summed E-state index contributed by atoms with van der Waals surface area (Å²) < 4.78 is 60.5. The summed E-state index contributed by atoms with van der Waals surface area (Å²) in [7, 11) is -6.91. The Balaban J connectivity index is 2.99. The summed E-state index contributed by atoms with van der Waals surface area (Å²) in [6.07, 6.45) is 0. The van der Waals surface area contributed by atoms with Crippen molar-refractivity contribution in [2.75, 3.05) is 31.7 Å². The summed E-state index contributed by atoms with van der Waals surface area (Å²) in [4.78, 5) is -0.0821. The molecule has 0 aliphatic heterocycles. The van der Waals surface area contributed by atoms with Crippen molar-refractivity contribution in [2.24, 2.45) is 0 Å². The van der Waals surface area contributed by atoms with E-state index in [0.717, 1.165) is 4.31 Å². The van der Waals surface area contributed by atoms with Crippen LogP contribution in [-0.2, 0) is 20.1 Å². The molecule has 0 aromatic heterocycles. The van der Waals surface area contributed by atoms with E-state index in [1.165, 1.54) is 25.2 Å². The van der Waals surface area contributed by atoms with Gasteiger partial charge < -0.3 is 10.5 Å². The van der Waals surface area contributed by atoms with Crippen molar-refractivity contribution in [3.8, 4) is 5.75 Å². The van der Waals surface area contributed by atoms with Crippen molar-refractivity contribution in [1.29, 1.82) is 0 Å². The van der Waals surface area contributed by atoms with E-state index in [0.29, 0.717) is 12.4 Å². The van der Waals surface area contributed by atoms with Crippen LogP contribution in [0.3, 0.4) is 0 Å². The second-order valence-electron chi connectivity index (χ2n) is 4.25. The average Bonchev–Trinajstić information content (AvgIpc) is 2.37. The van der Waals surface area contributed by atoms with Gasteiger partial charge in [0.15, 0.2) is 0 Å². The van der Waals surface area contributed by atoms with Gasteiger partial charge in [0.1, 0.15) is 5.75 Å². The smallest absolute Gasteiger partial charge is 0.266 e. The third-order valence-corrected chi connectivity index (χ3v) is 5.20. The number of sulfonamides is 1. The molecule has 0 aliphatic rings. The molecule has 0 spiro atoms. The first-order valence-electron chi connectivity index (χ1n) is 6.01. The molecule has 21 heavy (non-hydrogen) atoms. The fraction of sp³-hybridized carbons (Fsp3) is 0.455. The lowest BCUT2D eigenvalue weighted by molar-refractivity contribution is 0.342. The molecule has 1 rings (SSSR count). The number of nitrogens with zero attached hydrogens (tertiary/aromatic N) is 1. The van der Waals surface area contributed by atoms with Crippen LogP contribution in [0.1, 0.15) is 6.92 Å². The van der Waals surface area contributed by atoms with Crippen LogP contribution in [0.15, 0.2) is 23.1 Å². The summed E-state index contributed by atoms with van der Waals surface area (Å²) in [5.74, 6) is -0.313. The van der Waals surface area contributed by atoms with E-state index < -0.39 is 25.9 Å². The van der Waals surface area contributed by atoms with Gasteiger partial charge in [-0.2, -0.15) is 12.7 Å². The Morgan fingerprint density at radius 2 is 1.90 bits per heavy atom. The van der Waals surface area contributed by atoms with Gasteiger partial charge in [-0.3, -0.25) is 4.55 Å². The summed E-state index contributed by atoms with van der Waals surface area (Å²) in [6, 6.07) is 3.99. The van der Waals surface area contributed by atoms with Gasteiger partial charge in [-0.25, -0.2) is 8.42 Å². The first kappa shape index (κ1) is 17.7. The third-order valence-electron chi connectivity index (χ3n) is 2.65. The molecule has 0 heterocycles. The minimum absolute atomic E-state index is 0.0821. The molecular formula is C11H18N2O6S2. The zero-order chi connectivity index (χ0) is 16.3. The fourth-order valence-corrected chi connectivity index (χ4v) is 3.35. The van der Waals surface area contributed by atoms with E-state index in [-0.39, 0.29) is 17.1 Å². The average molecular weight is 338 g/mol. The molecule has 3 N–H and O–H groups in total. The zero-order valence-corrected chi connectivity index (χ0v) is 13.3. The molecular weight excluding hydrogens is 320 g/mol. The number of hydrogen-bond donors (Lipinski definition) is 2. The molecule has 0 radical (unpaired) electrons. The Labute approximate surface area is 124 Å². The summed E-state index contributed by atoms with van der Waals surface area (Å²) >= 11 is 0. The van der Waals surface area contributed by atoms with Gasteiger partial charge in [-0.15, -0.1) is 0 Å². The predicted molar refractivity (Wildman–Crippen MR) is 78.3 cm³/mol. The number of hydrogen-bond acceptors (Lipinski definition) is 6. The van der Waals surface area contributed by atoms with Crippen molar-refractivity contribution in [1.82, 2.24) is 4.31 Å². The van der Waals surface area contributed by atoms with Crippen molar-refractivity contribution in [3.63, 3.8) is 0 Å². The lowest BCUT2D eigenvalue weighted by atomic mass is 10.3. The van der Waals surface area contributed by atoms with Gasteiger partial charge in [-0.1, -0.05) is 0 Å². The van der Waals surface area contributed by atoms with E-state index >= 15 is 0 Å². The normalized spacial score (nSPS) is 12.6. The first-order chi connectivity index (χ1) is 9.58. The first-order valence-corrected chi connectivity index (χ1v) is 9.06. The summed E-state index contributed by atoms with van der Waals surface area (Å²) in [6.45, 7) is 1.80. The van der Waals surface area contributed by atoms with Gasteiger partial charge in [0, 0.05) is 13.6 Å². The number of anilines is 1. The molecule has 1 aromatic carbocycles. The van der Waals surface area contributed by atoms with Crippen LogP contribution in [0.25, 0.3) is 0 Å². The molecule has 0 aliphatic carbocycles. The van der Waals surface area contributed by atoms with Crippen LogP contribution < -0.4 is 10.5 Å². The minimum atomic E-state index is -4.23. The van der Waals surface area contributed by atoms with Gasteiger partial charge in [0.25, 0.3) is 10.1 Å². The number of rotatable bonds is 7. The molecule has 0 amide bonds. The number of nitrogen functional groups attached to an aromatic ring is 1. The van der Waals surface area contributed by atoms with Crippen LogP contribution in [0.5, 0.6) is 5.75 Å². The van der Waals surface area contributed by atoms with Gasteiger partial charge in [-0.05, 0) is 25.1 Å². The van der Waals surface area contributed by atoms with Crippen molar-refractivity contribution < 1.29 is 26.1 Å². The largest absolute Gasteiger partial charge is 0.492 e. The Morgan fingerprint density at radius 1 is 1.29 bits per heavy atom. The molecule has 0 unspecified atom stereocenters. The monoisotopic (exact) mass is 338 g/mol. The SMILES string of the molecule is CCOc1ccc(S(=O)(=O)N(C)CCS(=O)(=O)O)cc1N. The van der Waals surface area contributed by atoms with E-state index in [1.807, 2.05) is 0 Å². The molecule has 0 atom stereocenters. The predicted octanol–water partition coefficient (Wildman–Crippen LogP) is 0.176. The van der Waals surface area contributed by atoms with Crippen LogP contribution in [0, 0.1) is 0 Å². The molecule has 0 fully saturated rings. The Kier molecular flexibility index (Phi) is 5.56. The van der Waals surface area contributed by atoms with E-state index in [2.05, 4.69) is 0 Å². The maximum Gasteiger partial charge on any atom is 0.266 e. The van der Waals surface area contributed by atoms with E-state index in [9.17, 15) is 16.8 Å². The second-order valence-corrected chi connectivity index (χ2v) is 7.86. The lowest BCUT2D eigenvalue weighted by Gasteiger charge is -2.17. The van der Waals surface area contributed by atoms with Gasteiger partial charge in [0.2, 0.25) is 10.0 Å². The highest BCUT2D eigenvalue weighted by Gasteiger charge is 2.23. The highest BCUT2D eigenvalue weighted by molar-refractivity contribution is 7.89. The Bertz CT molecular complexity index is 699. The molecule has 0 saturated carbocycles. The molecule has 10 heteroatoms. The zero-order valence-electron chi connectivity index (χ0n) is 11.7. The van der Waals surface area contributed by atoms with Gasteiger partial charge >= 0.3 is 0 Å². The molecule has 8 nitrogen and oxygen atoms in total. The highest BCUT2D eigenvalue weighted by Crippen LogP contribution is 2.26. The lowest BCUT2D eigenvalue weighted by Crippen LogP contribution is -2.31. The van der Waals surface area contributed by atoms with Crippen LogP contribution in [0.4, 0.5) is 5.69 Å². The maximum atomic E-state index is 12.2. The molecule has 1 aromatic rings. The Morgan fingerprint density at radius 3 is 2.38 bits per heavy atom. The number of benzene rings is 1. The number of nitrogens with two attached hydrogens (primary N) is 1. The van der Waals surface area contributed by atoms with Crippen LogP contribution >= 0.6 is 0 Å². The van der Waals surface area contributed by atoms with Crippen molar-refractivity contribution in [3.05, 3.63) is 18.2 Å². The molecule has 0 bridgehead atoms.